The smallest absolute Gasteiger partial charge is 0.351 e. The van der Waals surface area contributed by atoms with Crippen LogP contribution in [0, 0.1) is 0 Å². The summed E-state index contributed by atoms with van der Waals surface area (Å²) in [5.41, 5.74) is 4.90. The standard InChI is InChI=1S/C33H57N3O7/c1-3-5-7-9-11-13-15-17-19-21-28(37)41-25-26-31(30(39)32(42-26)36-24-23-27(34)35-33(36)40)43-29(38)22-20-18-16-14-12-10-8-6-4-2/h23-24,26,30-32,39H,3-22,25H2,1-2H3,(H2,34,35,40)/t26-,30+,31-,32-/m1/s1. The first-order chi connectivity index (χ1) is 20.9. The van der Waals surface area contributed by atoms with Crippen molar-refractivity contribution in [3.63, 3.8) is 0 Å². The molecule has 0 spiro atoms. The third kappa shape index (κ3) is 14.7. The van der Waals surface area contributed by atoms with Crippen molar-refractivity contribution in [3.05, 3.63) is 22.7 Å². The number of carbonyl (C=O) groups is 2. The largest absolute Gasteiger partial charge is 0.463 e. The highest BCUT2D eigenvalue weighted by atomic mass is 16.6. The molecule has 4 atom stereocenters. The molecule has 0 aliphatic carbocycles. The predicted molar refractivity (Wildman–Crippen MR) is 167 cm³/mol. The SMILES string of the molecule is CCCCCCCCCCCC(=O)OC[C@H]1O[C@@H](n2ccc(N)nc2=O)[C@@H](O)[C@@H]1OC(=O)CCCCCCCCCCC. The highest BCUT2D eigenvalue weighted by Crippen LogP contribution is 2.31. The molecule has 0 radical (unpaired) electrons. The van der Waals surface area contributed by atoms with Gasteiger partial charge in [-0.05, 0) is 18.9 Å². The summed E-state index contributed by atoms with van der Waals surface area (Å²) in [6.45, 7) is 4.22. The van der Waals surface area contributed by atoms with Gasteiger partial charge in [0, 0.05) is 19.0 Å². The van der Waals surface area contributed by atoms with Crippen LogP contribution in [0.1, 0.15) is 148 Å². The summed E-state index contributed by atoms with van der Waals surface area (Å²) in [5, 5.41) is 11.0. The second kappa shape index (κ2) is 22.1. The van der Waals surface area contributed by atoms with E-state index in [4.69, 9.17) is 19.9 Å². The molecule has 0 amide bonds. The summed E-state index contributed by atoms with van der Waals surface area (Å²) in [5.74, 6) is -0.778. The minimum absolute atomic E-state index is 0.0413. The Morgan fingerprint density at radius 1 is 0.837 bits per heavy atom. The first kappa shape index (κ1) is 36.7. The Kier molecular flexibility index (Phi) is 18.9. The van der Waals surface area contributed by atoms with Crippen LogP contribution in [-0.2, 0) is 23.8 Å². The summed E-state index contributed by atoms with van der Waals surface area (Å²) in [7, 11) is 0. The number of aromatic nitrogens is 2. The van der Waals surface area contributed by atoms with E-state index in [2.05, 4.69) is 18.8 Å². The van der Waals surface area contributed by atoms with Crippen molar-refractivity contribution >= 4 is 17.8 Å². The van der Waals surface area contributed by atoms with Gasteiger partial charge < -0.3 is 25.1 Å². The fraction of sp³-hybridized carbons (Fsp3) is 0.818. The van der Waals surface area contributed by atoms with Gasteiger partial charge in [0.15, 0.2) is 12.3 Å². The van der Waals surface area contributed by atoms with Gasteiger partial charge in [0.1, 0.15) is 24.6 Å². The van der Waals surface area contributed by atoms with Crippen LogP contribution in [0.2, 0.25) is 0 Å². The van der Waals surface area contributed by atoms with E-state index >= 15 is 0 Å². The Morgan fingerprint density at radius 2 is 1.33 bits per heavy atom. The van der Waals surface area contributed by atoms with E-state index in [0.717, 1.165) is 43.1 Å². The molecule has 2 heterocycles. The average Bonchev–Trinajstić information content (AvgIpc) is 3.28. The summed E-state index contributed by atoms with van der Waals surface area (Å²) >= 11 is 0. The summed E-state index contributed by atoms with van der Waals surface area (Å²) in [4.78, 5) is 41.3. The Balaban J connectivity index is 1.82. The second-order valence-electron chi connectivity index (χ2n) is 11.9. The van der Waals surface area contributed by atoms with Crippen LogP contribution in [0.4, 0.5) is 5.82 Å². The molecule has 246 valence electrons. The second-order valence-corrected chi connectivity index (χ2v) is 11.9. The van der Waals surface area contributed by atoms with E-state index < -0.39 is 36.2 Å². The monoisotopic (exact) mass is 607 g/mol. The number of unbranched alkanes of at least 4 members (excludes halogenated alkanes) is 16. The number of ether oxygens (including phenoxy) is 3. The molecule has 3 N–H and O–H groups in total. The van der Waals surface area contributed by atoms with Gasteiger partial charge in [0.05, 0.1) is 0 Å². The maximum Gasteiger partial charge on any atom is 0.351 e. The third-order valence-corrected chi connectivity index (χ3v) is 8.08. The highest BCUT2D eigenvalue weighted by molar-refractivity contribution is 5.70. The number of esters is 2. The molecule has 10 heteroatoms. The molecule has 1 aromatic rings. The van der Waals surface area contributed by atoms with Crippen molar-refractivity contribution in [1.82, 2.24) is 9.55 Å². The van der Waals surface area contributed by atoms with E-state index in [-0.39, 0.29) is 24.8 Å². The zero-order valence-corrected chi connectivity index (χ0v) is 26.7. The van der Waals surface area contributed by atoms with E-state index in [0.29, 0.717) is 12.8 Å². The molecule has 2 rings (SSSR count). The van der Waals surface area contributed by atoms with Gasteiger partial charge in [0.25, 0.3) is 0 Å². The van der Waals surface area contributed by atoms with Gasteiger partial charge in [0.2, 0.25) is 0 Å². The number of nitrogens with two attached hydrogens (primary N) is 1. The van der Waals surface area contributed by atoms with Gasteiger partial charge in [-0.25, -0.2) is 4.79 Å². The fourth-order valence-electron chi connectivity index (χ4n) is 5.47. The fourth-order valence-corrected chi connectivity index (χ4v) is 5.47. The van der Waals surface area contributed by atoms with Gasteiger partial charge >= 0.3 is 17.6 Å². The molecular formula is C33H57N3O7. The zero-order chi connectivity index (χ0) is 31.3. The first-order valence-electron chi connectivity index (χ1n) is 16.9. The van der Waals surface area contributed by atoms with E-state index in [1.165, 1.54) is 82.9 Å². The van der Waals surface area contributed by atoms with Crippen LogP contribution in [0.25, 0.3) is 0 Å². The van der Waals surface area contributed by atoms with Crippen LogP contribution in [-0.4, -0.2) is 51.5 Å². The van der Waals surface area contributed by atoms with Gasteiger partial charge in [-0.15, -0.1) is 0 Å². The molecule has 1 aromatic heterocycles. The molecule has 1 aliphatic rings. The number of anilines is 1. The number of nitrogen functional groups attached to an aromatic ring is 1. The average molecular weight is 608 g/mol. The van der Waals surface area contributed by atoms with Crippen molar-refractivity contribution in [2.24, 2.45) is 0 Å². The first-order valence-corrected chi connectivity index (χ1v) is 16.9. The number of aliphatic hydroxyl groups excluding tert-OH is 1. The number of aliphatic hydroxyl groups is 1. The molecule has 1 saturated heterocycles. The van der Waals surface area contributed by atoms with Crippen molar-refractivity contribution < 1.29 is 28.9 Å². The number of nitrogens with zero attached hydrogens (tertiary/aromatic N) is 2. The lowest BCUT2D eigenvalue weighted by Crippen LogP contribution is -2.39. The van der Waals surface area contributed by atoms with Crippen molar-refractivity contribution in [3.8, 4) is 0 Å². The minimum atomic E-state index is -1.35. The van der Waals surface area contributed by atoms with Crippen LogP contribution in [0.15, 0.2) is 17.1 Å². The summed E-state index contributed by atoms with van der Waals surface area (Å²) in [6, 6.07) is 1.42. The third-order valence-electron chi connectivity index (χ3n) is 8.08. The molecule has 1 aliphatic heterocycles. The maximum atomic E-state index is 12.7. The number of rotatable bonds is 24. The molecule has 0 unspecified atom stereocenters. The summed E-state index contributed by atoms with van der Waals surface area (Å²) < 4.78 is 18.1. The molecular weight excluding hydrogens is 550 g/mol. The van der Waals surface area contributed by atoms with Gasteiger partial charge in [-0.1, -0.05) is 117 Å². The predicted octanol–water partition coefficient (Wildman–Crippen LogP) is 6.38. The van der Waals surface area contributed by atoms with E-state index in [1.807, 2.05) is 0 Å². The normalized spacial score (nSPS) is 19.9. The lowest BCUT2D eigenvalue weighted by molar-refractivity contribution is -0.160. The lowest BCUT2D eigenvalue weighted by atomic mass is 10.1. The Morgan fingerprint density at radius 3 is 1.84 bits per heavy atom. The Hall–Kier alpha value is -2.46. The molecule has 0 bridgehead atoms. The molecule has 1 fully saturated rings. The molecule has 10 nitrogen and oxygen atoms in total. The topological polar surface area (TPSA) is 143 Å². The van der Waals surface area contributed by atoms with Crippen molar-refractivity contribution in [2.45, 2.75) is 167 Å². The zero-order valence-electron chi connectivity index (χ0n) is 26.7. The van der Waals surface area contributed by atoms with E-state index in [1.54, 1.807) is 0 Å². The Labute approximate surface area is 258 Å². The maximum absolute atomic E-state index is 12.7. The van der Waals surface area contributed by atoms with E-state index in [9.17, 15) is 19.5 Å². The van der Waals surface area contributed by atoms with Crippen LogP contribution in [0.3, 0.4) is 0 Å². The summed E-state index contributed by atoms with van der Waals surface area (Å²) in [6.07, 6.45) is 17.8. The van der Waals surface area contributed by atoms with Crippen LogP contribution < -0.4 is 11.4 Å². The van der Waals surface area contributed by atoms with Crippen molar-refractivity contribution in [1.29, 1.82) is 0 Å². The van der Waals surface area contributed by atoms with Crippen LogP contribution >= 0.6 is 0 Å². The quantitative estimate of drug-likeness (QED) is 0.101. The molecule has 0 saturated carbocycles. The molecule has 0 aromatic carbocycles. The highest BCUT2D eigenvalue weighted by Gasteiger charge is 2.48. The Bertz CT molecular complexity index is 970. The van der Waals surface area contributed by atoms with Crippen LogP contribution in [0.5, 0.6) is 0 Å². The van der Waals surface area contributed by atoms with Crippen molar-refractivity contribution in [2.75, 3.05) is 12.3 Å². The van der Waals surface area contributed by atoms with Gasteiger partial charge in [-0.3, -0.25) is 14.2 Å². The number of hydrogen-bond donors (Lipinski definition) is 2. The number of hydrogen-bond acceptors (Lipinski definition) is 9. The minimum Gasteiger partial charge on any atom is -0.463 e. The van der Waals surface area contributed by atoms with Gasteiger partial charge in [-0.2, -0.15) is 4.98 Å². The molecule has 43 heavy (non-hydrogen) atoms. The lowest BCUT2D eigenvalue weighted by Gasteiger charge is -2.21. The number of carbonyl (C=O) groups excluding carboxylic acids is 2.